The summed E-state index contributed by atoms with van der Waals surface area (Å²) < 4.78 is 23.4. The Bertz CT molecular complexity index is 1060. The molecule has 0 fully saturated rings. The molecule has 1 aliphatic heterocycles. The fraction of sp³-hybridized carbons (Fsp3) is 0.440. The first-order valence-electron chi connectivity index (χ1n) is 10.6. The number of amides is 1. The number of ether oxygens (including phenoxy) is 4. The van der Waals surface area contributed by atoms with Gasteiger partial charge in [-0.1, -0.05) is 0 Å². The highest BCUT2D eigenvalue weighted by Crippen LogP contribution is 2.44. The van der Waals surface area contributed by atoms with Crippen LogP contribution in [-0.2, 0) is 16.0 Å². The molecule has 0 spiro atoms. The minimum atomic E-state index is -0.525. The minimum Gasteiger partial charge on any atom is -0.494 e. The molecule has 1 atom stereocenters. The van der Waals surface area contributed by atoms with Crippen LogP contribution >= 0.6 is 0 Å². The van der Waals surface area contributed by atoms with Crippen molar-refractivity contribution in [3.05, 3.63) is 40.5 Å². The van der Waals surface area contributed by atoms with Crippen molar-refractivity contribution in [3.8, 4) is 23.0 Å². The Balaban J connectivity index is 1.80. The summed E-state index contributed by atoms with van der Waals surface area (Å²) in [7, 11) is 1.55. The maximum absolute atomic E-state index is 11.5. The van der Waals surface area contributed by atoms with Crippen LogP contribution in [0.1, 0.15) is 49.4 Å². The topological polar surface area (TPSA) is 83.1 Å². The molecule has 1 unspecified atom stereocenters. The van der Waals surface area contributed by atoms with Crippen LogP contribution in [0.25, 0.3) is 0 Å². The Kier molecular flexibility index (Phi) is 6.67. The van der Waals surface area contributed by atoms with Crippen LogP contribution in [-0.4, -0.2) is 31.2 Å². The first kappa shape index (κ1) is 23.4. The molecule has 1 heterocycles. The summed E-state index contributed by atoms with van der Waals surface area (Å²) in [5, 5.41) is 2.73. The molecule has 7 heteroatoms. The van der Waals surface area contributed by atoms with E-state index in [0.29, 0.717) is 29.5 Å². The summed E-state index contributed by atoms with van der Waals surface area (Å²) in [6.07, 6.45) is 1.55. The van der Waals surface area contributed by atoms with Gasteiger partial charge in [0.05, 0.1) is 12.8 Å². The molecule has 0 saturated carbocycles. The molecule has 0 bridgehead atoms. The van der Waals surface area contributed by atoms with E-state index in [1.165, 1.54) is 13.8 Å². The van der Waals surface area contributed by atoms with Gasteiger partial charge in [-0.3, -0.25) is 9.59 Å². The standard InChI is InChI=1S/C25H31NO6/c1-14-15(2)24-20(16(3)23(14)31-18(5)28)10-11-25(6,32-24)13-30-19-8-9-21(26-17(4)27)22(12-19)29-7/h8-9,12H,10-11,13H2,1-7H3,(H,26,27). The first-order valence-corrected chi connectivity index (χ1v) is 10.6. The largest absolute Gasteiger partial charge is 0.494 e. The molecule has 0 saturated heterocycles. The third kappa shape index (κ3) is 4.82. The van der Waals surface area contributed by atoms with Gasteiger partial charge in [-0.25, -0.2) is 0 Å². The Morgan fingerprint density at radius 1 is 1.12 bits per heavy atom. The number of methoxy groups -OCH3 is 1. The number of hydrogen-bond acceptors (Lipinski definition) is 6. The number of rotatable bonds is 6. The zero-order chi connectivity index (χ0) is 23.6. The van der Waals surface area contributed by atoms with Crippen LogP contribution in [0.2, 0.25) is 0 Å². The van der Waals surface area contributed by atoms with E-state index in [0.717, 1.165) is 40.8 Å². The second kappa shape index (κ2) is 9.10. The van der Waals surface area contributed by atoms with Gasteiger partial charge in [0.25, 0.3) is 0 Å². The highest BCUT2D eigenvalue weighted by molar-refractivity contribution is 5.90. The van der Waals surface area contributed by atoms with Crippen molar-refractivity contribution >= 4 is 17.6 Å². The minimum absolute atomic E-state index is 0.170. The third-order valence-corrected chi connectivity index (χ3v) is 5.84. The van der Waals surface area contributed by atoms with Crippen molar-refractivity contribution in [2.75, 3.05) is 19.0 Å². The third-order valence-electron chi connectivity index (χ3n) is 5.84. The molecule has 0 aromatic heterocycles. The summed E-state index contributed by atoms with van der Waals surface area (Å²) in [6.45, 7) is 11.1. The fourth-order valence-corrected chi connectivity index (χ4v) is 3.97. The van der Waals surface area contributed by atoms with E-state index in [2.05, 4.69) is 5.32 Å². The maximum atomic E-state index is 11.5. The number of carbonyl (C=O) groups is 2. The van der Waals surface area contributed by atoms with E-state index in [9.17, 15) is 9.59 Å². The van der Waals surface area contributed by atoms with Gasteiger partial charge in [-0.05, 0) is 69.4 Å². The number of benzene rings is 2. The van der Waals surface area contributed by atoms with Crippen molar-refractivity contribution < 1.29 is 28.5 Å². The Morgan fingerprint density at radius 3 is 2.47 bits per heavy atom. The SMILES string of the molecule is COc1cc(OCC2(C)CCc3c(C)c(OC(C)=O)c(C)c(C)c3O2)ccc1NC(C)=O. The van der Waals surface area contributed by atoms with E-state index < -0.39 is 5.60 Å². The Hall–Kier alpha value is -3.22. The molecule has 2 aromatic carbocycles. The lowest BCUT2D eigenvalue weighted by atomic mass is 9.87. The molecule has 3 rings (SSSR count). The average Bonchev–Trinajstić information content (AvgIpc) is 2.74. The van der Waals surface area contributed by atoms with E-state index in [4.69, 9.17) is 18.9 Å². The zero-order valence-electron chi connectivity index (χ0n) is 19.8. The molecular formula is C25H31NO6. The molecule has 7 nitrogen and oxygen atoms in total. The molecule has 0 aliphatic carbocycles. The second-order valence-corrected chi connectivity index (χ2v) is 8.49. The van der Waals surface area contributed by atoms with Gasteiger partial charge in [-0.2, -0.15) is 0 Å². The van der Waals surface area contributed by atoms with Crippen molar-refractivity contribution in [2.24, 2.45) is 0 Å². The van der Waals surface area contributed by atoms with E-state index in [1.807, 2.05) is 27.7 Å². The van der Waals surface area contributed by atoms with Crippen molar-refractivity contribution in [1.82, 2.24) is 0 Å². The summed E-state index contributed by atoms with van der Waals surface area (Å²) >= 11 is 0. The van der Waals surface area contributed by atoms with Crippen LogP contribution in [0.5, 0.6) is 23.0 Å². The fourth-order valence-electron chi connectivity index (χ4n) is 3.97. The van der Waals surface area contributed by atoms with Crippen LogP contribution in [0, 0.1) is 20.8 Å². The molecule has 2 aromatic rings. The Labute approximate surface area is 189 Å². The number of nitrogens with one attached hydrogen (secondary N) is 1. The first-order chi connectivity index (χ1) is 15.0. The maximum Gasteiger partial charge on any atom is 0.308 e. The number of fused-ring (bicyclic) bond motifs is 1. The lowest BCUT2D eigenvalue weighted by Crippen LogP contribution is -2.42. The molecule has 1 amide bonds. The lowest BCUT2D eigenvalue weighted by molar-refractivity contribution is -0.132. The molecule has 172 valence electrons. The summed E-state index contributed by atoms with van der Waals surface area (Å²) in [6, 6.07) is 5.29. The van der Waals surface area contributed by atoms with E-state index >= 15 is 0 Å². The number of hydrogen-bond donors (Lipinski definition) is 1. The van der Waals surface area contributed by atoms with Gasteiger partial charge in [0, 0.05) is 25.5 Å². The molecular weight excluding hydrogens is 410 g/mol. The van der Waals surface area contributed by atoms with E-state index in [1.54, 1.807) is 25.3 Å². The average molecular weight is 442 g/mol. The van der Waals surface area contributed by atoms with Gasteiger partial charge in [0.1, 0.15) is 35.2 Å². The summed E-state index contributed by atoms with van der Waals surface area (Å²) in [5.74, 6) is 2.12. The molecule has 1 aliphatic rings. The zero-order valence-corrected chi connectivity index (χ0v) is 19.8. The van der Waals surface area contributed by atoms with Gasteiger partial charge in [0.2, 0.25) is 5.91 Å². The predicted octanol–water partition coefficient (Wildman–Crippen LogP) is 4.67. The number of anilines is 1. The van der Waals surface area contributed by atoms with E-state index in [-0.39, 0.29) is 11.9 Å². The van der Waals surface area contributed by atoms with Crippen molar-refractivity contribution in [2.45, 2.75) is 60.0 Å². The van der Waals surface area contributed by atoms with Crippen LogP contribution in [0.4, 0.5) is 5.69 Å². The lowest BCUT2D eigenvalue weighted by Gasteiger charge is -2.37. The molecule has 32 heavy (non-hydrogen) atoms. The number of carbonyl (C=O) groups excluding carboxylic acids is 2. The van der Waals surface area contributed by atoms with Crippen molar-refractivity contribution in [1.29, 1.82) is 0 Å². The normalized spacial score (nSPS) is 17.1. The highest BCUT2D eigenvalue weighted by atomic mass is 16.5. The quantitative estimate of drug-likeness (QED) is 0.518. The monoisotopic (exact) mass is 441 g/mol. The van der Waals surface area contributed by atoms with Crippen LogP contribution < -0.4 is 24.3 Å². The second-order valence-electron chi connectivity index (χ2n) is 8.49. The van der Waals surface area contributed by atoms with Gasteiger partial charge >= 0.3 is 5.97 Å². The summed E-state index contributed by atoms with van der Waals surface area (Å²) in [5.41, 5.74) is 3.95. The van der Waals surface area contributed by atoms with Gasteiger partial charge in [-0.15, -0.1) is 0 Å². The summed E-state index contributed by atoms with van der Waals surface area (Å²) in [4.78, 5) is 22.9. The predicted molar refractivity (Wildman–Crippen MR) is 122 cm³/mol. The Morgan fingerprint density at radius 2 is 1.84 bits per heavy atom. The molecule has 1 N–H and O–H groups in total. The van der Waals surface area contributed by atoms with Crippen molar-refractivity contribution in [3.63, 3.8) is 0 Å². The molecule has 0 radical (unpaired) electrons. The van der Waals surface area contributed by atoms with Gasteiger partial charge < -0.3 is 24.3 Å². The smallest absolute Gasteiger partial charge is 0.308 e. The highest BCUT2D eigenvalue weighted by Gasteiger charge is 2.36. The van der Waals surface area contributed by atoms with Gasteiger partial charge in [0.15, 0.2) is 0 Å². The van der Waals surface area contributed by atoms with Crippen LogP contribution in [0.3, 0.4) is 0 Å². The van der Waals surface area contributed by atoms with Crippen LogP contribution in [0.15, 0.2) is 18.2 Å². The number of esters is 1.